The molecule has 2 aromatic rings. The first kappa shape index (κ1) is 12.5. The highest BCUT2D eigenvalue weighted by Gasteiger charge is 2.04. The van der Waals surface area contributed by atoms with Crippen molar-refractivity contribution in [2.45, 2.75) is 6.92 Å². The summed E-state index contributed by atoms with van der Waals surface area (Å²) in [6, 6.07) is 5.85. The van der Waals surface area contributed by atoms with Crippen LogP contribution in [0.15, 0.2) is 22.7 Å². The minimum absolute atomic E-state index is 0.0548. The summed E-state index contributed by atoms with van der Waals surface area (Å²) in [7, 11) is 0. The van der Waals surface area contributed by atoms with Gasteiger partial charge in [0, 0.05) is 10.2 Å². The van der Waals surface area contributed by atoms with Gasteiger partial charge >= 0.3 is 0 Å². The summed E-state index contributed by atoms with van der Waals surface area (Å²) < 4.78 is 0.964. The Labute approximate surface area is 117 Å². The predicted molar refractivity (Wildman–Crippen MR) is 72.0 cm³/mol. The van der Waals surface area contributed by atoms with Crippen molar-refractivity contribution in [2.24, 2.45) is 0 Å². The van der Waals surface area contributed by atoms with Gasteiger partial charge in [0.15, 0.2) is 0 Å². The Hall–Kier alpha value is -0.910. The molecular weight excluding hydrogens is 327 g/mol. The maximum atomic E-state index is 5.68. The molecule has 0 saturated heterocycles. The number of rotatable bonds is 2. The van der Waals surface area contributed by atoms with Crippen LogP contribution in [0.4, 0.5) is 11.6 Å². The standard InChI is InChI=1S/C10H7BrCl2N4/c1-5-2-6(11)4-7(3-5)14-10-16-8(12)15-9(13)17-10/h2-4H,1H3,(H,14,15,16,17). The van der Waals surface area contributed by atoms with Crippen molar-refractivity contribution in [3.63, 3.8) is 0 Å². The number of aromatic nitrogens is 3. The number of aryl methyl sites for hydroxylation is 1. The minimum atomic E-state index is 0.0548. The second kappa shape index (κ2) is 5.16. The Balaban J connectivity index is 2.31. The summed E-state index contributed by atoms with van der Waals surface area (Å²) in [4.78, 5) is 11.5. The van der Waals surface area contributed by atoms with E-state index in [2.05, 4.69) is 36.2 Å². The van der Waals surface area contributed by atoms with E-state index >= 15 is 0 Å². The first-order chi connectivity index (χ1) is 8.02. The second-order valence-corrected chi connectivity index (χ2v) is 4.93. The summed E-state index contributed by atoms with van der Waals surface area (Å²) in [6.45, 7) is 1.99. The summed E-state index contributed by atoms with van der Waals surface area (Å²) in [5.74, 6) is 0.313. The summed E-state index contributed by atoms with van der Waals surface area (Å²) >= 11 is 14.8. The first-order valence-electron chi connectivity index (χ1n) is 4.64. The molecule has 0 spiro atoms. The number of nitrogens with one attached hydrogen (secondary N) is 1. The molecule has 88 valence electrons. The normalized spacial score (nSPS) is 10.4. The molecule has 0 unspecified atom stereocenters. The molecule has 0 atom stereocenters. The Morgan fingerprint density at radius 3 is 2.29 bits per heavy atom. The Kier molecular flexibility index (Phi) is 3.81. The number of hydrogen-bond acceptors (Lipinski definition) is 4. The second-order valence-electron chi connectivity index (χ2n) is 3.34. The van der Waals surface area contributed by atoms with Gasteiger partial charge in [0.1, 0.15) is 0 Å². The van der Waals surface area contributed by atoms with Gasteiger partial charge in [-0.2, -0.15) is 15.0 Å². The van der Waals surface area contributed by atoms with Gasteiger partial charge in [0.05, 0.1) is 0 Å². The van der Waals surface area contributed by atoms with Crippen LogP contribution in [-0.4, -0.2) is 15.0 Å². The molecule has 0 radical (unpaired) electrons. The van der Waals surface area contributed by atoms with Crippen molar-refractivity contribution in [3.05, 3.63) is 38.8 Å². The van der Waals surface area contributed by atoms with Gasteiger partial charge in [-0.25, -0.2) is 0 Å². The largest absolute Gasteiger partial charge is 0.324 e. The molecule has 1 aromatic carbocycles. The summed E-state index contributed by atoms with van der Waals surface area (Å²) in [5, 5.41) is 3.12. The summed E-state index contributed by atoms with van der Waals surface area (Å²) in [5.41, 5.74) is 1.95. The minimum Gasteiger partial charge on any atom is -0.324 e. The van der Waals surface area contributed by atoms with Gasteiger partial charge in [0.2, 0.25) is 16.5 Å². The van der Waals surface area contributed by atoms with Crippen molar-refractivity contribution < 1.29 is 0 Å². The van der Waals surface area contributed by atoms with Crippen LogP contribution in [0.2, 0.25) is 10.6 Å². The number of benzene rings is 1. The maximum Gasteiger partial charge on any atom is 0.232 e. The monoisotopic (exact) mass is 332 g/mol. The molecule has 0 amide bonds. The van der Waals surface area contributed by atoms with Gasteiger partial charge in [0.25, 0.3) is 0 Å². The lowest BCUT2D eigenvalue weighted by molar-refractivity contribution is 1.05. The molecule has 2 rings (SSSR count). The molecule has 0 saturated carbocycles. The van der Waals surface area contributed by atoms with Gasteiger partial charge < -0.3 is 5.32 Å². The van der Waals surface area contributed by atoms with Crippen LogP contribution in [0.25, 0.3) is 0 Å². The third kappa shape index (κ3) is 3.52. The number of nitrogens with zero attached hydrogens (tertiary/aromatic N) is 3. The lowest BCUT2D eigenvalue weighted by Crippen LogP contribution is -1.99. The Morgan fingerprint density at radius 1 is 1.06 bits per heavy atom. The molecule has 4 nitrogen and oxygen atoms in total. The van der Waals surface area contributed by atoms with Crippen LogP contribution in [0.5, 0.6) is 0 Å². The van der Waals surface area contributed by atoms with Crippen LogP contribution in [0.1, 0.15) is 5.56 Å². The quantitative estimate of drug-likeness (QED) is 0.902. The van der Waals surface area contributed by atoms with Gasteiger partial charge in [-0.15, -0.1) is 0 Å². The lowest BCUT2D eigenvalue weighted by Gasteiger charge is -2.06. The van der Waals surface area contributed by atoms with Gasteiger partial charge in [-0.05, 0) is 53.9 Å². The molecule has 1 heterocycles. The van der Waals surface area contributed by atoms with E-state index in [1.807, 2.05) is 25.1 Å². The van der Waals surface area contributed by atoms with Crippen LogP contribution >= 0.6 is 39.1 Å². The molecule has 1 N–H and O–H groups in total. The molecule has 0 aliphatic rings. The van der Waals surface area contributed by atoms with Crippen molar-refractivity contribution >= 4 is 50.8 Å². The SMILES string of the molecule is Cc1cc(Br)cc(Nc2nc(Cl)nc(Cl)n2)c1. The number of halogens is 3. The number of hydrogen-bond donors (Lipinski definition) is 1. The Morgan fingerprint density at radius 2 is 1.71 bits per heavy atom. The topological polar surface area (TPSA) is 50.7 Å². The zero-order valence-electron chi connectivity index (χ0n) is 8.71. The molecule has 7 heteroatoms. The smallest absolute Gasteiger partial charge is 0.232 e. The average molecular weight is 334 g/mol. The molecule has 1 aromatic heterocycles. The third-order valence-electron chi connectivity index (χ3n) is 1.88. The predicted octanol–water partition coefficient (Wildman–Crippen LogP) is 3.99. The highest BCUT2D eigenvalue weighted by molar-refractivity contribution is 9.10. The van der Waals surface area contributed by atoms with E-state index in [9.17, 15) is 0 Å². The van der Waals surface area contributed by atoms with E-state index in [1.54, 1.807) is 0 Å². The zero-order chi connectivity index (χ0) is 12.4. The zero-order valence-corrected chi connectivity index (χ0v) is 11.8. The van der Waals surface area contributed by atoms with E-state index in [0.29, 0.717) is 5.95 Å². The van der Waals surface area contributed by atoms with E-state index < -0.39 is 0 Å². The van der Waals surface area contributed by atoms with Gasteiger partial charge in [-0.1, -0.05) is 15.9 Å². The highest BCUT2D eigenvalue weighted by atomic mass is 79.9. The van der Waals surface area contributed by atoms with Crippen LogP contribution in [0.3, 0.4) is 0 Å². The highest BCUT2D eigenvalue weighted by Crippen LogP contribution is 2.22. The molecule has 0 aliphatic heterocycles. The van der Waals surface area contributed by atoms with Crippen LogP contribution in [-0.2, 0) is 0 Å². The molecule has 0 bridgehead atoms. The molecule has 0 aliphatic carbocycles. The molecule has 17 heavy (non-hydrogen) atoms. The summed E-state index contributed by atoms with van der Waals surface area (Å²) in [6.07, 6.45) is 0. The third-order valence-corrected chi connectivity index (χ3v) is 2.67. The Bertz CT molecular complexity index is 472. The maximum absolute atomic E-state index is 5.68. The fourth-order valence-corrected chi connectivity index (χ4v) is 2.29. The average Bonchev–Trinajstić information content (AvgIpc) is 2.13. The fraction of sp³-hybridized carbons (Fsp3) is 0.100. The first-order valence-corrected chi connectivity index (χ1v) is 6.19. The van der Waals surface area contributed by atoms with Crippen LogP contribution in [0, 0.1) is 6.92 Å². The van der Waals surface area contributed by atoms with Crippen molar-refractivity contribution in [2.75, 3.05) is 5.32 Å². The lowest BCUT2D eigenvalue weighted by atomic mass is 10.2. The number of anilines is 2. The molecule has 0 fully saturated rings. The van der Waals surface area contributed by atoms with E-state index in [4.69, 9.17) is 23.2 Å². The van der Waals surface area contributed by atoms with Crippen molar-refractivity contribution in [1.29, 1.82) is 0 Å². The van der Waals surface area contributed by atoms with Crippen LogP contribution < -0.4 is 5.32 Å². The van der Waals surface area contributed by atoms with E-state index in [1.165, 1.54) is 0 Å². The van der Waals surface area contributed by atoms with E-state index in [0.717, 1.165) is 15.7 Å². The molecular formula is C10H7BrCl2N4. The van der Waals surface area contributed by atoms with Gasteiger partial charge in [-0.3, -0.25) is 0 Å². The van der Waals surface area contributed by atoms with E-state index in [-0.39, 0.29) is 10.6 Å². The fourth-order valence-electron chi connectivity index (χ4n) is 1.32. The van der Waals surface area contributed by atoms with Crippen molar-refractivity contribution in [3.8, 4) is 0 Å². The van der Waals surface area contributed by atoms with Crippen molar-refractivity contribution in [1.82, 2.24) is 15.0 Å².